The van der Waals surface area contributed by atoms with Crippen molar-refractivity contribution in [2.75, 3.05) is 74.5 Å². The summed E-state index contributed by atoms with van der Waals surface area (Å²) < 4.78 is 0. The van der Waals surface area contributed by atoms with E-state index in [0.717, 1.165) is 64.3 Å². The Morgan fingerprint density at radius 1 is 1.05 bits per heavy atom. The highest BCUT2D eigenvalue weighted by molar-refractivity contribution is 5.96. The first-order valence-corrected chi connectivity index (χ1v) is 14.7. The summed E-state index contributed by atoms with van der Waals surface area (Å²) in [5.41, 5.74) is 8.27. The molecule has 1 aromatic carbocycles. The van der Waals surface area contributed by atoms with Gasteiger partial charge < -0.3 is 36.0 Å². The summed E-state index contributed by atoms with van der Waals surface area (Å²) in [4.78, 5) is 42.3. The number of piperidine rings is 3. The van der Waals surface area contributed by atoms with Crippen LogP contribution in [0.15, 0.2) is 30.5 Å². The number of hydrogen-bond donors (Lipinski definition) is 3. The first kappa shape index (κ1) is 26.6. The predicted molar refractivity (Wildman–Crippen MR) is 156 cm³/mol. The molecule has 214 valence electrons. The minimum absolute atomic E-state index is 0.0860. The van der Waals surface area contributed by atoms with Gasteiger partial charge >= 0.3 is 6.03 Å². The lowest BCUT2D eigenvalue weighted by Crippen LogP contribution is -2.49. The molecule has 4 saturated heterocycles. The average molecular weight is 548 g/mol. The maximum absolute atomic E-state index is 12.6. The van der Waals surface area contributed by atoms with E-state index in [4.69, 9.17) is 10.7 Å². The van der Waals surface area contributed by atoms with Gasteiger partial charge in [0.2, 0.25) is 0 Å². The van der Waals surface area contributed by atoms with Gasteiger partial charge in [-0.25, -0.2) is 14.8 Å². The standard InChI is InChI=1S/C29H41N9O2/c1-35-16-17-38(28(35)40)23-4-2-13-37(19-23)24-18-32-25(26(30)39)27(34-24)33-21-5-7-22(8-6-21)36-14-10-29(11-15-36)9-3-12-31-20-29/h5-8,18,23,31H,2-4,9-17,19-20H2,1H3,(H2,30,39)(H,33,34)/t23-/m0/s1. The van der Waals surface area contributed by atoms with Gasteiger partial charge in [0.15, 0.2) is 11.5 Å². The molecular formula is C29H41N9O2. The molecule has 5 heterocycles. The molecule has 4 fully saturated rings. The molecule has 4 aliphatic heterocycles. The zero-order valence-electron chi connectivity index (χ0n) is 23.4. The van der Waals surface area contributed by atoms with Crippen LogP contribution in [0.4, 0.5) is 27.8 Å². The smallest absolute Gasteiger partial charge is 0.320 e. The number of primary amides is 1. The molecule has 6 rings (SSSR count). The number of aromatic nitrogens is 2. The summed E-state index contributed by atoms with van der Waals surface area (Å²) in [7, 11) is 1.85. The maximum Gasteiger partial charge on any atom is 0.320 e. The third-order valence-electron chi connectivity index (χ3n) is 9.28. The largest absolute Gasteiger partial charge is 0.371 e. The maximum atomic E-state index is 12.6. The van der Waals surface area contributed by atoms with Crippen molar-refractivity contribution >= 4 is 34.9 Å². The number of urea groups is 1. The molecule has 4 N–H and O–H groups in total. The Morgan fingerprint density at radius 3 is 2.52 bits per heavy atom. The molecule has 0 aliphatic carbocycles. The second-order valence-corrected chi connectivity index (χ2v) is 11.9. The predicted octanol–water partition coefficient (Wildman–Crippen LogP) is 2.63. The first-order chi connectivity index (χ1) is 19.4. The van der Waals surface area contributed by atoms with Crippen LogP contribution in [0.5, 0.6) is 0 Å². The topological polar surface area (TPSA) is 123 Å². The first-order valence-electron chi connectivity index (χ1n) is 14.7. The molecule has 11 nitrogen and oxygen atoms in total. The Balaban J connectivity index is 1.14. The summed E-state index contributed by atoms with van der Waals surface area (Å²) in [5.74, 6) is 0.398. The summed E-state index contributed by atoms with van der Waals surface area (Å²) in [6, 6.07) is 8.51. The quantitative estimate of drug-likeness (QED) is 0.505. The van der Waals surface area contributed by atoms with Crippen LogP contribution in [0.2, 0.25) is 0 Å². The molecular weight excluding hydrogens is 506 g/mol. The second kappa shape index (κ2) is 11.1. The van der Waals surface area contributed by atoms with Crippen molar-refractivity contribution in [1.29, 1.82) is 0 Å². The number of amides is 3. The fourth-order valence-corrected chi connectivity index (χ4v) is 6.81. The number of rotatable bonds is 6. The van der Waals surface area contributed by atoms with Gasteiger partial charge in [-0.2, -0.15) is 0 Å². The van der Waals surface area contributed by atoms with Gasteiger partial charge in [0.1, 0.15) is 5.82 Å². The van der Waals surface area contributed by atoms with E-state index >= 15 is 0 Å². The summed E-state index contributed by atoms with van der Waals surface area (Å²) in [6.07, 6.45) is 8.61. The van der Waals surface area contributed by atoms with E-state index in [1.165, 1.54) is 31.4 Å². The van der Waals surface area contributed by atoms with Gasteiger partial charge in [-0.1, -0.05) is 0 Å². The van der Waals surface area contributed by atoms with Crippen LogP contribution in [-0.4, -0.2) is 97.2 Å². The highest BCUT2D eigenvalue weighted by atomic mass is 16.2. The molecule has 0 bridgehead atoms. The Morgan fingerprint density at radius 2 is 1.85 bits per heavy atom. The molecule has 40 heavy (non-hydrogen) atoms. The minimum atomic E-state index is -0.625. The number of carbonyl (C=O) groups excluding carboxylic acids is 2. The monoisotopic (exact) mass is 547 g/mol. The van der Waals surface area contributed by atoms with Crippen molar-refractivity contribution in [3.63, 3.8) is 0 Å². The van der Waals surface area contributed by atoms with Crippen molar-refractivity contribution in [2.24, 2.45) is 11.1 Å². The van der Waals surface area contributed by atoms with Crippen LogP contribution in [0, 0.1) is 5.41 Å². The number of nitrogens with zero attached hydrogens (tertiary/aromatic N) is 6. The Kier molecular flexibility index (Phi) is 7.39. The highest BCUT2D eigenvalue weighted by Gasteiger charge is 2.36. The number of anilines is 4. The summed E-state index contributed by atoms with van der Waals surface area (Å²) in [6.45, 7) is 7.46. The summed E-state index contributed by atoms with van der Waals surface area (Å²) >= 11 is 0. The highest BCUT2D eigenvalue weighted by Crippen LogP contribution is 2.38. The van der Waals surface area contributed by atoms with Gasteiger partial charge in [0.25, 0.3) is 5.91 Å². The van der Waals surface area contributed by atoms with Crippen LogP contribution in [0.3, 0.4) is 0 Å². The third-order valence-corrected chi connectivity index (χ3v) is 9.28. The van der Waals surface area contributed by atoms with E-state index in [0.29, 0.717) is 23.6 Å². The third kappa shape index (κ3) is 5.39. The summed E-state index contributed by atoms with van der Waals surface area (Å²) in [5, 5.41) is 6.88. The lowest BCUT2D eigenvalue weighted by molar-refractivity contribution is 0.0996. The van der Waals surface area contributed by atoms with Crippen molar-refractivity contribution in [3.8, 4) is 0 Å². The van der Waals surface area contributed by atoms with Crippen LogP contribution in [-0.2, 0) is 0 Å². The van der Waals surface area contributed by atoms with Crippen LogP contribution in [0.25, 0.3) is 0 Å². The zero-order chi connectivity index (χ0) is 27.7. The Bertz CT molecular complexity index is 1220. The Hall–Kier alpha value is -3.60. The lowest BCUT2D eigenvalue weighted by Gasteiger charge is -2.45. The number of nitrogens with one attached hydrogen (secondary N) is 2. The molecule has 0 radical (unpaired) electrons. The fourth-order valence-electron chi connectivity index (χ4n) is 6.81. The van der Waals surface area contributed by atoms with Crippen molar-refractivity contribution in [3.05, 3.63) is 36.2 Å². The molecule has 1 atom stereocenters. The van der Waals surface area contributed by atoms with E-state index in [9.17, 15) is 9.59 Å². The van der Waals surface area contributed by atoms with E-state index in [1.54, 1.807) is 11.1 Å². The molecule has 0 saturated carbocycles. The molecule has 1 aromatic heterocycles. The van der Waals surface area contributed by atoms with E-state index in [2.05, 4.69) is 37.6 Å². The van der Waals surface area contributed by atoms with E-state index < -0.39 is 5.91 Å². The van der Waals surface area contributed by atoms with E-state index in [1.807, 2.05) is 24.1 Å². The van der Waals surface area contributed by atoms with Gasteiger partial charge in [-0.05, 0) is 74.8 Å². The average Bonchev–Trinajstić information content (AvgIpc) is 3.32. The minimum Gasteiger partial charge on any atom is -0.371 e. The van der Waals surface area contributed by atoms with Crippen LogP contribution < -0.4 is 26.2 Å². The van der Waals surface area contributed by atoms with Gasteiger partial charge in [0, 0.05) is 64.2 Å². The fraction of sp³-hybridized carbons (Fsp3) is 0.586. The second-order valence-electron chi connectivity index (χ2n) is 11.9. The molecule has 11 heteroatoms. The number of nitrogens with two attached hydrogens (primary N) is 1. The zero-order valence-corrected chi connectivity index (χ0v) is 23.4. The Labute approximate surface area is 236 Å². The molecule has 0 unspecified atom stereocenters. The van der Waals surface area contributed by atoms with Crippen LogP contribution >= 0.6 is 0 Å². The number of benzene rings is 1. The van der Waals surface area contributed by atoms with Gasteiger partial charge in [-0.15, -0.1) is 0 Å². The van der Waals surface area contributed by atoms with Crippen molar-refractivity contribution in [2.45, 2.75) is 44.6 Å². The number of carbonyl (C=O) groups is 2. The van der Waals surface area contributed by atoms with Gasteiger partial charge in [0.05, 0.1) is 12.2 Å². The van der Waals surface area contributed by atoms with Gasteiger partial charge in [-0.3, -0.25) is 4.79 Å². The van der Waals surface area contributed by atoms with Crippen LogP contribution in [0.1, 0.15) is 49.0 Å². The van der Waals surface area contributed by atoms with E-state index in [-0.39, 0.29) is 17.8 Å². The molecule has 1 spiro atoms. The molecule has 4 aliphatic rings. The van der Waals surface area contributed by atoms with Crippen molar-refractivity contribution < 1.29 is 9.59 Å². The number of hydrogen-bond acceptors (Lipinski definition) is 8. The van der Waals surface area contributed by atoms with Crippen molar-refractivity contribution in [1.82, 2.24) is 25.1 Å². The SMILES string of the molecule is CN1CCN([C@H]2CCCN(c3cnc(C(N)=O)c(Nc4ccc(N5CCC6(CCCNC6)CC5)cc4)n3)C2)C1=O. The lowest BCUT2D eigenvalue weighted by atomic mass is 9.73. The normalized spacial score (nSPS) is 23.1. The molecule has 2 aromatic rings. The number of likely N-dealkylation sites (N-methyl/N-ethyl adjacent to an activating group) is 1. The molecule has 3 amide bonds.